The molecule has 0 aliphatic rings. The van der Waals surface area contributed by atoms with Crippen LogP contribution in [0.15, 0.2) is 0 Å². The molecule has 0 saturated heterocycles. The maximum absolute atomic E-state index is 0. The summed E-state index contributed by atoms with van der Waals surface area (Å²) in [6.45, 7) is 0. The summed E-state index contributed by atoms with van der Waals surface area (Å²) in [5.41, 5.74) is 0. The molecule has 0 spiro atoms. The van der Waals surface area contributed by atoms with E-state index in [1.165, 1.54) is 0 Å². The molecule has 0 heterocycles. The van der Waals surface area contributed by atoms with Crippen molar-refractivity contribution in [2.75, 3.05) is 0 Å². The van der Waals surface area contributed by atoms with E-state index in [9.17, 15) is 0 Å². The largest absolute Gasteiger partial charge is 0.0149 e. The van der Waals surface area contributed by atoms with Crippen molar-refractivity contribution in [3.8, 4) is 0 Å². The van der Waals surface area contributed by atoms with E-state index in [0.29, 0.717) is 0 Å². The zero-order chi connectivity index (χ0) is 0. The van der Waals surface area contributed by atoms with Gasteiger partial charge in [-0.15, -0.1) is 0 Å². The molecule has 0 aromatic rings. The van der Waals surface area contributed by atoms with Gasteiger partial charge in [0.1, 0.15) is 0 Å². The van der Waals surface area contributed by atoms with Crippen molar-refractivity contribution >= 4 is 11.0 Å². The second-order valence-corrected chi connectivity index (χ2v) is 0. The zero-order valence-corrected chi connectivity index (χ0v) is 8.44. The van der Waals surface area contributed by atoms with E-state index in [4.69, 9.17) is 0 Å². The third-order valence-electron chi connectivity index (χ3n) is 0. The van der Waals surface area contributed by atoms with Gasteiger partial charge in [0.25, 0.3) is 0 Å². The first-order valence-electron chi connectivity index (χ1n) is 0. The fraction of sp³-hybridized carbons (Fsp3) is 0. The summed E-state index contributed by atoms with van der Waals surface area (Å²) in [5.74, 6) is 0. The fourth-order valence-corrected chi connectivity index (χ4v) is 0. The van der Waals surface area contributed by atoms with Crippen molar-refractivity contribution in [3.63, 3.8) is 0 Å². The van der Waals surface area contributed by atoms with Crippen molar-refractivity contribution in [2.24, 2.45) is 0 Å². The van der Waals surface area contributed by atoms with Crippen LogP contribution in [0, 0.1) is 0 Å². The van der Waals surface area contributed by atoms with Gasteiger partial charge in [-0.3, -0.25) is 0 Å². The standard InChI is InChI=1S/Cu.Fe.H4Si.Ti.Zn/h;;1H4;;. The van der Waals surface area contributed by atoms with Crippen LogP contribution in [-0.4, -0.2) is 11.0 Å². The quantitative estimate of drug-likeness (QED) is 0.469. The van der Waals surface area contributed by atoms with Gasteiger partial charge < -0.3 is 0 Å². The van der Waals surface area contributed by atoms with Crippen LogP contribution in [0.3, 0.4) is 0 Å². The Labute approximate surface area is 85.2 Å². The van der Waals surface area contributed by atoms with E-state index < -0.39 is 0 Å². The van der Waals surface area contributed by atoms with Crippen molar-refractivity contribution < 1.29 is 75.3 Å². The first-order chi connectivity index (χ1) is 0. The molecule has 0 bridgehead atoms. The van der Waals surface area contributed by atoms with Crippen LogP contribution in [0.5, 0.6) is 0 Å². The van der Waals surface area contributed by atoms with E-state index in [0.717, 1.165) is 0 Å². The van der Waals surface area contributed by atoms with Crippen LogP contribution in [0.25, 0.3) is 0 Å². The fourth-order valence-electron chi connectivity index (χ4n) is 0. The van der Waals surface area contributed by atoms with Gasteiger partial charge >= 0.3 is 0 Å². The number of rotatable bonds is 0. The molecule has 0 unspecified atom stereocenters. The summed E-state index contributed by atoms with van der Waals surface area (Å²) >= 11 is 0. The molecule has 0 fully saturated rings. The van der Waals surface area contributed by atoms with Crippen molar-refractivity contribution in [3.05, 3.63) is 0 Å². The summed E-state index contributed by atoms with van der Waals surface area (Å²) < 4.78 is 0. The van der Waals surface area contributed by atoms with Crippen LogP contribution >= 0.6 is 0 Å². The molecule has 33 valence electrons. The van der Waals surface area contributed by atoms with Gasteiger partial charge in [0.15, 0.2) is 0 Å². The molecule has 0 saturated carbocycles. The molecule has 0 aliphatic heterocycles. The average Bonchev–Trinajstić information content (AvgIpc) is 0. The van der Waals surface area contributed by atoms with Gasteiger partial charge in [-0.25, -0.2) is 0 Å². The maximum Gasteiger partial charge on any atom is 0 e. The molecule has 0 N–H and O–H groups in total. The Balaban J connectivity index is 0. The smallest absolute Gasteiger partial charge is 0 e. The number of hydrogen-bond donors (Lipinski definition) is 0. The van der Waals surface area contributed by atoms with E-state index in [-0.39, 0.29) is 86.3 Å². The number of hydrogen-bond acceptors (Lipinski definition) is 0. The Hall–Kier alpha value is 2.59. The average molecular weight is 265 g/mol. The van der Waals surface area contributed by atoms with Gasteiger partial charge in [-0.1, -0.05) is 0 Å². The Morgan fingerprint density at radius 2 is 1.00 bits per heavy atom. The molecule has 5 heavy (non-hydrogen) atoms. The molecule has 0 amide bonds. The molecule has 0 rings (SSSR count). The van der Waals surface area contributed by atoms with E-state index in [1.54, 1.807) is 0 Å². The third kappa shape index (κ3) is 20.7. The topological polar surface area (TPSA) is 0 Å². The normalized spacial score (nSPS) is 0. The van der Waals surface area contributed by atoms with Crippen LogP contribution in [-0.2, 0) is 75.3 Å². The molecule has 5 heteroatoms. The minimum atomic E-state index is 0. The predicted octanol–water partition coefficient (Wildman–Crippen LogP) is -1.46. The van der Waals surface area contributed by atoms with Gasteiger partial charge in [0, 0.05) is 75.3 Å². The van der Waals surface area contributed by atoms with Crippen molar-refractivity contribution in [1.82, 2.24) is 0 Å². The summed E-state index contributed by atoms with van der Waals surface area (Å²) in [6, 6.07) is 0. The monoisotopic (exact) mass is 263 g/mol. The van der Waals surface area contributed by atoms with E-state index in [1.807, 2.05) is 0 Å². The molecule has 1 radical (unpaired) electrons. The minimum absolute atomic E-state index is 0. The van der Waals surface area contributed by atoms with E-state index >= 15 is 0 Å². The molecular formula is H4CuFeSiTiZn. The molecular weight excluding hydrogens is 261 g/mol. The Morgan fingerprint density at radius 3 is 1.00 bits per heavy atom. The van der Waals surface area contributed by atoms with Crippen molar-refractivity contribution in [2.45, 2.75) is 0 Å². The minimum Gasteiger partial charge on any atom is -0.0149 e. The molecule has 0 nitrogen and oxygen atoms in total. The summed E-state index contributed by atoms with van der Waals surface area (Å²) in [7, 11) is 0. The Morgan fingerprint density at radius 1 is 1.00 bits per heavy atom. The molecule has 0 atom stereocenters. The zero-order valence-electron chi connectivity index (χ0n) is 1.86. The van der Waals surface area contributed by atoms with Gasteiger partial charge in [0.2, 0.25) is 0 Å². The van der Waals surface area contributed by atoms with Crippen LogP contribution in [0.2, 0.25) is 0 Å². The molecule has 0 aromatic heterocycles. The van der Waals surface area contributed by atoms with Crippen LogP contribution in [0.4, 0.5) is 0 Å². The SMILES string of the molecule is [Cu].[Fe].[SiH4].[Ti].[Zn]. The molecule has 0 aliphatic carbocycles. The predicted molar refractivity (Wildman–Crippen MR) is 11.3 cm³/mol. The summed E-state index contributed by atoms with van der Waals surface area (Å²) in [6.07, 6.45) is 0. The second-order valence-electron chi connectivity index (χ2n) is 0. The van der Waals surface area contributed by atoms with Gasteiger partial charge in [-0.2, -0.15) is 0 Å². The maximum atomic E-state index is 0. The summed E-state index contributed by atoms with van der Waals surface area (Å²) in [5, 5.41) is 0. The van der Waals surface area contributed by atoms with Gasteiger partial charge in [0.05, 0.1) is 0 Å². The first kappa shape index (κ1) is 49.1. The van der Waals surface area contributed by atoms with Crippen molar-refractivity contribution in [1.29, 1.82) is 0 Å². The summed E-state index contributed by atoms with van der Waals surface area (Å²) in [4.78, 5) is 0. The van der Waals surface area contributed by atoms with E-state index in [2.05, 4.69) is 0 Å². The van der Waals surface area contributed by atoms with Crippen LogP contribution in [0.1, 0.15) is 0 Å². The second kappa shape index (κ2) is 30.7. The Kier molecular flexibility index (Phi) is 301. The first-order valence-corrected chi connectivity index (χ1v) is 0. The van der Waals surface area contributed by atoms with Gasteiger partial charge in [-0.05, 0) is 11.0 Å². The molecule has 0 aromatic carbocycles. The Bertz CT molecular complexity index is 11.6. The third-order valence-corrected chi connectivity index (χ3v) is 0. The van der Waals surface area contributed by atoms with Crippen LogP contribution < -0.4 is 0 Å².